The maximum Gasteiger partial charge on any atom is 0.186 e. The van der Waals surface area contributed by atoms with Gasteiger partial charge in [-0.2, -0.15) is 0 Å². The maximum atomic E-state index is 11.5. The maximum absolute atomic E-state index is 11.5. The molecule has 3 fully saturated rings. The molecule has 56 heavy (non-hydrogen) atoms. The molecular weight excluding hydrogens is 709 g/mol. The van der Waals surface area contributed by atoms with Crippen molar-refractivity contribution in [2.75, 3.05) is 19.8 Å². The third kappa shape index (κ3) is 14.8. The normalized spacial score (nSPS) is 31.5. The fourth-order valence-electron chi connectivity index (χ4n) is 10.1. The van der Waals surface area contributed by atoms with Crippen LogP contribution in [0.1, 0.15) is 181 Å². The first-order valence-electron chi connectivity index (χ1n) is 23.5. The molecule has 2 aliphatic heterocycles. The predicted octanol–water partition coefficient (Wildman–Crippen LogP) is 7.01. The predicted molar refractivity (Wildman–Crippen MR) is 224 cm³/mol. The highest BCUT2D eigenvalue weighted by Gasteiger charge is 2.50. The molecule has 10 nitrogen and oxygen atoms in total. The van der Waals surface area contributed by atoms with Gasteiger partial charge in [0.05, 0.1) is 31.6 Å². The summed E-state index contributed by atoms with van der Waals surface area (Å²) in [4.78, 5) is 0. The summed E-state index contributed by atoms with van der Waals surface area (Å²) in [6.45, 7) is 7.33. The van der Waals surface area contributed by atoms with Gasteiger partial charge in [0.25, 0.3) is 0 Å². The molecule has 3 aliphatic carbocycles. The second kappa shape index (κ2) is 25.8. The van der Waals surface area contributed by atoms with Gasteiger partial charge in [-0.3, -0.25) is 10.6 Å². The average molecular weight is 795 g/mol. The van der Waals surface area contributed by atoms with E-state index in [1.54, 1.807) is 5.57 Å². The zero-order valence-electron chi connectivity index (χ0n) is 35.8. The van der Waals surface area contributed by atoms with Crippen LogP contribution >= 0.6 is 0 Å². The molecular formula is C46H86N2O8. The minimum Gasteiger partial charge on any atom is -0.394 e. The van der Waals surface area contributed by atoms with E-state index in [0.29, 0.717) is 11.8 Å². The first kappa shape index (κ1) is 48.0. The zero-order chi connectivity index (χ0) is 40.3. The summed E-state index contributed by atoms with van der Waals surface area (Å²) in [5, 5.41) is 70.5. The zero-order valence-corrected chi connectivity index (χ0v) is 35.8. The number of unbranched alkanes of at least 4 members (excludes halogenated alkanes) is 18. The highest BCUT2D eigenvalue weighted by Crippen LogP contribution is 2.60. The molecule has 0 aromatic rings. The first-order chi connectivity index (χ1) is 27.1. The summed E-state index contributed by atoms with van der Waals surface area (Å²) in [6, 6.07) is 0.237. The van der Waals surface area contributed by atoms with Crippen molar-refractivity contribution in [1.29, 1.82) is 0 Å². The van der Waals surface area contributed by atoms with E-state index >= 15 is 0 Å². The van der Waals surface area contributed by atoms with Gasteiger partial charge in [-0.15, -0.1) is 0 Å². The van der Waals surface area contributed by atoms with Crippen molar-refractivity contribution in [1.82, 2.24) is 10.6 Å². The minimum atomic E-state index is -1.54. The van der Waals surface area contributed by atoms with Crippen molar-refractivity contribution in [2.24, 2.45) is 23.2 Å². The molecule has 5 rings (SSSR count). The Hall–Kier alpha value is -0.660. The molecule has 0 aromatic carbocycles. The molecule has 2 saturated heterocycles. The molecule has 328 valence electrons. The Bertz CT molecular complexity index is 1080. The summed E-state index contributed by atoms with van der Waals surface area (Å²) in [6.07, 6.45) is 23.8. The Morgan fingerprint density at radius 3 is 1.96 bits per heavy atom. The number of aliphatic hydroxyl groups is 6. The minimum absolute atomic E-state index is 0.0621. The molecule has 12 atom stereocenters. The second-order valence-corrected chi connectivity index (χ2v) is 18.9. The summed E-state index contributed by atoms with van der Waals surface area (Å²) in [7, 11) is 0. The van der Waals surface area contributed by atoms with Crippen LogP contribution in [-0.2, 0) is 9.47 Å². The van der Waals surface area contributed by atoms with Crippen LogP contribution in [0.2, 0.25) is 0 Å². The van der Waals surface area contributed by atoms with Crippen LogP contribution in [0, 0.1) is 23.2 Å². The molecule has 0 amide bonds. The lowest BCUT2D eigenvalue weighted by Crippen LogP contribution is -2.60. The van der Waals surface area contributed by atoms with Gasteiger partial charge in [0.2, 0.25) is 0 Å². The second-order valence-electron chi connectivity index (χ2n) is 18.9. The van der Waals surface area contributed by atoms with E-state index in [2.05, 4.69) is 37.5 Å². The van der Waals surface area contributed by atoms with Gasteiger partial charge in [-0.1, -0.05) is 154 Å². The van der Waals surface area contributed by atoms with E-state index in [0.717, 1.165) is 50.5 Å². The SMILES string of the molecule is CCCCCCCCCCCCCC[C@@H](O)[C@@H](O)[C@H](COC1OC(CO)C(O)C(O)C1O)C1NCC(CCCCCCCCCCC2=CC[C@H]3C[C@@H]2C3(C)C)N1. The standard InChI is InChI=1S/C46H86N2O8/c1-4-5-6-7-8-9-10-11-12-17-20-23-26-38(50)40(51)36(32-55-45-43(54)42(53)41(52)39(31-49)56-45)44-47-30-35(48-44)25-22-19-16-14-13-15-18-21-24-33-27-28-34-29-37(33)46(34,2)3/h27,34-45,47-54H,4-26,28-32H2,1-3H3/t34-,35?,36-,37-,38+,39?,40-,41?,42?,43?,44?,45?/m0/s1. The van der Waals surface area contributed by atoms with E-state index in [4.69, 9.17) is 9.47 Å². The van der Waals surface area contributed by atoms with E-state index in [-0.39, 0.29) is 18.8 Å². The Morgan fingerprint density at radius 1 is 0.786 bits per heavy atom. The first-order valence-corrected chi connectivity index (χ1v) is 23.5. The number of allylic oxidation sites excluding steroid dienone is 2. The quantitative estimate of drug-likeness (QED) is 0.0271. The Labute approximate surface area is 341 Å². The van der Waals surface area contributed by atoms with Crippen LogP contribution in [0.5, 0.6) is 0 Å². The molecule has 2 bridgehead atoms. The van der Waals surface area contributed by atoms with Gasteiger partial charge in [0.15, 0.2) is 6.29 Å². The summed E-state index contributed by atoms with van der Waals surface area (Å²) in [5.41, 5.74) is 2.29. The van der Waals surface area contributed by atoms with E-state index in [1.807, 2.05) is 0 Å². The van der Waals surface area contributed by atoms with Crippen molar-refractivity contribution >= 4 is 0 Å². The average Bonchev–Trinajstić information content (AvgIpc) is 3.67. The largest absolute Gasteiger partial charge is 0.394 e. The Kier molecular flexibility index (Phi) is 22.2. The van der Waals surface area contributed by atoms with Gasteiger partial charge in [0, 0.05) is 18.5 Å². The van der Waals surface area contributed by atoms with Gasteiger partial charge in [-0.25, -0.2) is 0 Å². The highest BCUT2D eigenvalue weighted by atomic mass is 16.7. The van der Waals surface area contributed by atoms with Gasteiger partial charge < -0.3 is 40.1 Å². The number of hydrogen-bond donors (Lipinski definition) is 8. The van der Waals surface area contributed by atoms with Crippen LogP contribution in [0.4, 0.5) is 0 Å². The molecule has 0 aromatic heterocycles. The number of hydrogen-bond acceptors (Lipinski definition) is 10. The van der Waals surface area contributed by atoms with Crippen molar-refractivity contribution in [3.05, 3.63) is 11.6 Å². The molecule has 5 aliphatic rings. The van der Waals surface area contributed by atoms with E-state index in [9.17, 15) is 30.6 Å². The van der Waals surface area contributed by atoms with Crippen LogP contribution in [0.15, 0.2) is 11.6 Å². The van der Waals surface area contributed by atoms with Crippen LogP contribution < -0.4 is 10.6 Å². The Balaban J connectivity index is 1.12. The molecule has 2 heterocycles. The topological polar surface area (TPSA) is 164 Å². The third-order valence-corrected chi connectivity index (χ3v) is 14.3. The van der Waals surface area contributed by atoms with Crippen LogP contribution in [0.25, 0.3) is 0 Å². The van der Waals surface area contributed by atoms with Crippen LogP contribution in [0.3, 0.4) is 0 Å². The lowest BCUT2D eigenvalue weighted by molar-refractivity contribution is -0.305. The highest BCUT2D eigenvalue weighted by molar-refractivity contribution is 5.23. The molecule has 0 radical (unpaired) electrons. The summed E-state index contributed by atoms with van der Waals surface area (Å²) >= 11 is 0. The number of rotatable bonds is 31. The van der Waals surface area contributed by atoms with Crippen molar-refractivity contribution in [2.45, 2.75) is 236 Å². The van der Waals surface area contributed by atoms with Gasteiger partial charge in [0.1, 0.15) is 24.4 Å². The molecule has 10 heteroatoms. The fraction of sp³-hybridized carbons (Fsp3) is 0.957. The number of ether oxygens (including phenoxy) is 2. The smallest absolute Gasteiger partial charge is 0.186 e. The number of fused-ring (bicyclic) bond motifs is 1. The monoisotopic (exact) mass is 795 g/mol. The summed E-state index contributed by atoms with van der Waals surface area (Å²) < 4.78 is 11.5. The van der Waals surface area contributed by atoms with E-state index in [1.165, 1.54) is 122 Å². The summed E-state index contributed by atoms with van der Waals surface area (Å²) in [5.74, 6) is 1.21. The number of aliphatic hydroxyl groups excluding tert-OH is 6. The third-order valence-electron chi connectivity index (χ3n) is 14.3. The van der Waals surface area contributed by atoms with Gasteiger partial charge >= 0.3 is 0 Å². The van der Waals surface area contributed by atoms with Crippen molar-refractivity contribution in [3.8, 4) is 0 Å². The molecule has 7 unspecified atom stereocenters. The Morgan fingerprint density at radius 2 is 1.38 bits per heavy atom. The lowest BCUT2D eigenvalue weighted by atomic mass is 9.48. The van der Waals surface area contributed by atoms with Crippen molar-refractivity contribution < 1.29 is 40.1 Å². The van der Waals surface area contributed by atoms with Crippen molar-refractivity contribution in [3.63, 3.8) is 0 Å². The lowest BCUT2D eigenvalue weighted by Gasteiger charge is -2.56. The van der Waals surface area contributed by atoms with Crippen LogP contribution in [-0.4, -0.2) is 106 Å². The van der Waals surface area contributed by atoms with Gasteiger partial charge in [-0.05, 0) is 55.8 Å². The van der Waals surface area contributed by atoms with E-state index < -0.39 is 55.4 Å². The molecule has 0 spiro atoms. The molecule has 8 N–H and O–H groups in total. The fourth-order valence-corrected chi connectivity index (χ4v) is 10.1. The number of nitrogens with one attached hydrogen (secondary N) is 2. The molecule has 1 saturated carbocycles.